The van der Waals surface area contributed by atoms with Crippen LogP contribution in [0.4, 0.5) is 24.5 Å². The maximum absolute atomic E-state index is 13.3. The lowest BCUT2D eigenvalue weighted by atomic mass is 9.96. The second-order valence-corrected chi connectivity index (χ2v) is 9.20. The molecular weight excluding hydrogens is 507 g/mol. The number of alkyl halides is 3. The van der Waals surface area contributed by atoms with Gasteiger partial charge in [0.1, 0.15) is 0 Å². The number of halogens is 3. The Morgan fingerprint density at radius 1 is 0.974 bits per heavy atom. The van der Waals surface area contributed by atoms with Crippen molar-refractivity contribution >= 4 is 23.2 Å². The fraction of sp³-hybridized carbons (Fsp3) is 0.167. The van der Waals surface area contributed by atoms with Crippen molar-refractivity contribution in [3.8, 4) is 11.1 Å². The standard InChI is InChI=1S/C30H24F3N3O3/c31-30(32,33)22-7-5-20(6-8-22)26-15-19(18-37)4-10-25(26)29(39)35-24-9-11-27-21(16-24)12-14-36(27)28(38)17-23-3-1-2-13-34-23/h1-11,13,15-16,37H,12,14,17-18H2,(H,35,39). The molecule has 6 nitrogen and oxygen atoms in total. The van der Waals surface area contributed by atoms with Gasteiger partial charge in [-0.1, -0.05) is 24.3 Å². The summed E-state index contributed by atoms with van der Waals surface area (Å²) in [6.07, 6.45) is -2.00. The first-order chi connectivity index (χ1) is 18.7. The van der Waals surface area contributed by atoms with Crippen molar-refractivity contribution in [1.29, 1.82) is 0 Å². The molecule has 198 valence electrons. The summed E-state index contributed by atoms with van der Waals surface area (Å²) >= 11 is 0. The lowest BCUT2D eigenvalue weighted by molar-refractivity contribution is -0.137. The second-order valence-electron chi connectivity index (χ2n) is 9.20. The van der Waals surface area contributed by atoms with Crippen LogP contribution in [-0.4, -0.2) is 28.4 Å². The Hall–Kier alpha value is -4.50. The van der Waals surface area contributed by atoms with E-state index in [0.29, 0.717) is 41.0 Å². The average Bonchev–Trinajstić information content (AvgIpc) is 3.36. The minimum Gasteiger partial charge on any atom is -0.392 e. The molecule has 0 bridgehead atoms. The molecule has 0 spiro atoms. The number of nitrogens with zero attached hydrogens (tertiary/aromatic N) is 2. The van der Waals surface area contributed by atoms with E-state index in [9.17, 15) is 27.9 Å². The van der Waals surface area contributed by atoms with Crippen LogP contribution in [0.15, 0.2) is 85.1 Å². The highest BCUT2D eigenvalue weighted by Crippen LogP contribution is 2.34. The molecule has 4 aromatic rings. The Labute approximate surface area is 222 Å². The van der Waals surface area contributed by atoms with Gasteiger partial charge in [-0.05, 0) is 83.3 Å². The molecule has 5 rings (SSSR count). The van der Waals surface area contributed by atoms with Gasteiger partial charge < -0.3 is 15.3 Å². The number of pyridine rings is 1. The smallest absolute Gasteiger partial charge is 0.392 e. The van der Waals surface area contributed by atoms with Gasteiger partial charge in [0, 0.05) is 35.4 Å². The fourth-order valence-electron chi connectivity index (χ4n) is 4.66. The van der Waals surface area contributed by atoms with Gasteiger partial charge in [-0.3, -0.25) is 14.6 Å². The normalized spacial score (nSPS) is 12.8. The maximum atomic E-state index is 13.3. The molecule has 1 aliphatic heterocycles. The van der Waals surface area contributed by atoms with E-state index in [1.807, 2.05) is 12.1 Å². The van der Waals surface area contributed by atoms with E-state index in [0.717, 1.165) is 23.4 Å². The SMILES string of the molecule is O=C(Nc1ccc2c(c1)CCN2C(=O)Cc1ccccn1)c1ccc(CO)cc1-c1ccc(C(F)(F)F)cc1. The first-order valence-electron chi connectivity index (χ1n) is 12.3. The largest absolute Gasteiger partial charge is 0.416 e. The van der Waals surface area contributed by atoms with E-state index in [2.05, 4.69) is 10.3 Å². The Morgan fingerprint density at radius 3 is 2.46 bits per heavy atom. The highest BCUT2D eigenvalue weighted by atomic mass is 19.4. The van der Waals surface area contributed by atoms with Gasteiger partial charge in [-0.15, -0.1) is 0 Å². The van der Waals surface area contributed by atoms with E-state index < -0.39 is 17.6 Å². The number of amides is 2. The first-order valence-corrected chi connectivity index (χ1v) is 12.3. The van der Waals surface area contributed by atoms with Crippen molar-refractivity contribution in [3.63, 3.8) is 0 Å². The summed E-state index contributed by atoms with van der Waals surface area (Å²) in [4.78, 5) is 32.1. The van der Waals surface area contributed by atoms with Gasteiger partial charge in [0.05, 0.1) is 18.6 Å². The molecular formula is C30H24F3N3O3. The van der Waals surface area contributed by atoms with E-state index in [1.165, 1.54) is 12.1 Å². The number of carbonyl (C=O) groups is 2. The Bertz CT molecular complexity index is 1520. The van der Waals surface area contributed by atoms with E-state index in [-0.39, 0.29) is 24.5 Å². The zero-order valence-electron chi connectivity index (χ0n) is 20.7. The molecule has 39 heavy (non-hydrogen) atoms. The van der Waals surface area contributed by atoms with Crippen molar-refractivity contribution in [2.75, 3.05) is 16.8 Å². The van der Waals surface area contributed by atoms with Crippen LogP contribution in [0, 0.1) is 0 Å². The number of aliphatic hydroxyl groups is 1. The van der Waals surface area contributed by atoms with E-state index in [1.54, 1.807) is 53.6 Å². The monoisotopic (exact) mass is 531 g/mol. The van der Waals surface area contributed by atoms with Crippen molar-refractivity contribution in [2.45, 2.75) is 25.6 Å². The van der Waals surface area contributed by atoms with Crippen LogP contribution in [0.25, 0.3) is 11.1 Å². The number of nitrogens with one attached hydrogen (secondary N) is 1. The molecule has 0 atom stereocenters. The third kappa shape index (κ3) is 5.68. The molecule has 0 radical (unpaired) electrons. The zero-order valence-corrected chi connectivity index (χ0v) is 20.7. The Morgan fingerprint density at radius 2 is 1.77 bits per heavy atom. The molecule has 1 aliphatic rings. The molecule has 0 saturated carbocycles. The molecule has 3 aromatic carbocycles. The van der Waals surface area contributed by atoms with Crippen LogP contribution in [0.2, 0.25) is 0 Å². The number of benzene rings is 3. The predicted octanol–water partition coefficient (Wildman–Crippen LogP) is 5.64. The molecule has 0 fully saturated rings. The molecule has 2 amide bonds. The van der Waals surface area contributed by atoms with E-state index in [4.69, 9.17) is 0 Å². The molecule has 0 saturated heterocycles. The van der Waals surface area contributed by atoms with Gasteiger partial charge in [0.2, 0.25) is 5.91 Å². The highest BCUT2D eigenvalue weighted by molar-refractivity contribution is 6.09. The number of anilines is 2. The molecule has 9 heteroatoms. The van der Waals surface area contributed by atoms with Crippen LogP contribution in [0.5, 0.6) is 0 Å². The summed E-state index contributed by atoms with van der Waals surface area (Å²) in [5.41, 5.74) is 3.72. The van der Waals surface area contributed by atoms with Gasteiger partial charge in [-0.25, -0.2) is 0 Å². The quantitative estimate of drug-likeness (QED) is 0.337. The molecule has 0 unspecified atom stereocenters. The summed E-state index contributed by atoms with van der Waals surface area (Å²) in [6.45, 7) is 0.245. The molecule has 2 N–H and O–H groups in total. The molecule has 0 aliphatic carbocycles. The van der Waals surface area contributed by atoms with Crippen molar-refractivity contribution in [2.24, 2.45) is 0 Å². The van der Waals surface area contributed by atoms with Gasteiger partial charge in [0.15, 0.2) is 0 Å². The fourth-order valence-corrected chi connectivity index (χ4v) is 4.66. The van der Waals surface area contributed by atoms with Crippen LogP contribution in [0.3, 0.4) is 0 Å². The number of hydrogen-bond donors (Lipinski definition) is 2. The summed E-state index contributed by atoms with van der Waals surface area (Å²) in [5.74, 6) is -0.509. The number of aromatic nitrogens is 1. The van der Waals surface area contributed by atoms with Crippen molar-refractivity contribution in [1.82, 2.24) is 4.98 Å². The lowest BCUT2D eigenvalue weighted by Gasteiger charge is -2.18. The summed E-state index contributed by atoms with van der Waals surface area (Å²) in [6, 6.07) is 20.0. The van der Waals surface area contributed by atoms with Gasteiger partial charge in [0.25, 0.3) is 5.91 Å². The van der Waals surface area contributed by atoms with Crippen LogP contribution < -0.4 is 10.2 Å². The zero-order chi connectivity index (χ0) is 27.6. The average molecular weight is 532 g/mol. The van der Waals surface area contributed by atoms with Crippen LogP contribution in [-0.2, 0) is 30.4 Å². The van der Waals surface area contributed by atoms with Crippen molar-refractivity contribution in [3.05, 3.63) is 113 Å². The lowest BCUT2D eigenvalue weighted by Crippen LogP contribution is -2.30. The Kier molecular flexibility index (Phi) is 7.17. The molecule has 2 heterocycles. The summed E-state index contributed by atoms with van der Waals surface area (Å²) in [5, 5.41) is 12.4. The maximum Gasteiger partial charge on any atom is 0.416 e. The third-order valence-corrected chi connectivity index (χ3v) is 6.63. The first kappa shape index (κ1) is 26.1. The van der Waals surface area contributed by atoms with Crippen LogP contribution in [0.1, 0.15) is 32.7 Å². The number of rotatable bonds is 6. The van der Waals surface area contributed by atoms with Crippen molar-refractivity contribution < 1.29 is 27.9 Å². The van der Waals surface area contributed by atoms with E-state index >= 15 is 0 Å². The number of fused-ring (bicyclic) bond motifs is 1. The minimum atomic E-state index is -4.47. The summed E-state index contributed by atoms with van der Waals surface area (Å²) < 4.78 is 39.1. The van der Waals surface area contributed by atoms with Gasteiger partial charge in [-0.2, -0.15) is 13.2 Å². The topological polar surface area (TPSA) is 82.5 Å². The number of aliphatic hydroxyl groups excluding tert-OH is 1. The second kappa shape index (κ2) is 10.7. The minimum absolute atomic E-state index is 0.0607. The summed E-state index contributed by atoms with van der Waals surface area (Å²) in [7, 11) is 0. The molecule has 1 aromatic heterocycles. The Balaban J connectivity index is 1.36. The number of carbonyl (C=O) groups excluding carboxylic acids is 2. The third-order valence-electron chi connectivity index (χ3n) is 6.63. The highest BCUT2D eigenvalue weighted by Gasteiger charge is 2.30. The van der Waals surface area contributed by atoms with Gasteiger partial charge >= 0.3 is 6.18 Å². The van der Waals surface area contributed by atoms with Crippen LogP contribution >= 0.6 is 0 Å². The predicted molar refractivity (Wildman–Crippen MR) is 141 cm³/mol. The number of hydrogen-bond acceptors (Lipinski definition) is 4.